The fraction of sp³-hybridized carbons (Fsp3) is 0. The predicted molar refractivity (Wildman–Crippen MR) is 64.5 cm³/mol. The molecule has 0 saturated carbocycles. The molecule has 0 atom stereocenters. The summed E-state index contributed by atoms with van der Waals surface area (Å²) >= 11 is 0. The SMILES string of the molecule is Oc1ccc(OBOc2ccc(O)c(F)c2)cc1F. The van der Waals surface area contributed by atoms with Crippen molar-refractivity contribution >= 4 is 7.69 Å². The molecule has 0 saturated heterocycles. The van der Waals surface area contributed by atoms with Gasteiger partial charge < -0.3 is 19.5 Å². The number of hydrogen-bond donors (Lipinski definition) is 2. The lowest BCUT2D eigenvalue weighted by Gasteiger charge is -2.08. The summed E-state index contributed by atoms with van der Waals surface area (Å²) in [5.41, 5.74) is 0. The van der Waals surface area contributed by atoms with E-state index in [1.165, 1.54) is 12.1 Å². The van der Waals surface area contributed by atoms with Gasteiger partial charge in [-0.05, 0) is 24.3 Å². The van der Waals surface area contributed by atoms with Gasteiger partial charge >= 0.3 is 7.69 Å². The van der Waals surface area contributed by atoms with Crippen molar-refractivity contribution in [1.82, 2.24) is 0 Å². The van der Waals surface area contributed by atoms with E-state index in [2.05, 4.69) is 0 Å². The average molecular weight is 266 g/mol. The van der Waals surface area contributed by atoms with Crippen LogP contribution in [0, 0.1) is 11.6 Å². The van der Waals surface area contributed by atoms with Crippen molar-refractivity contribution in [3.8, 4) is 23.0 Å². The highest BCUT2D eigenvalue weighted by Gasteiger charge is 2.06. The van der Waals surface area contributed by atoms with E-state index in [-0.39, 0.29) is 19.2 Å². The Morgan fingerprint density at radius 3 is 1.58 bits per heavy atom. The molecule has 0 amide bonds. The van der Waals surface area contributed by atoms with Crippen molar-refractivity contribution in [3.05, 3.63) is 48.0 Å². The van der Waals surface area contributed by atoms with Crippen molar-refractivity contribution in [3.63, 3.8) is 0 Å². The fourth-order valence-electron chi connectivity index (χ4n) is 1.32. The third-order valence-corrected chi connectivity index (χ3v) is 2.29. The molecule has 19 heavy (non-hydrogen) atoms. The second kappa shape index (κ2) is 5.47. The first kappa shape index (κ1) is 13.0. The van der Waals surface area contributed by atoms with Crippen molar-refractivity contribution in [2.75, 3.05) is 0 Å². The molecule has 0 aromatic heterocycles. The topological polar surface area (TPSA) is 58.9 Å². The van der Waals surface area contributed by atoms with Gasteiger partial charge in [-0.3, -0.25) is 0 Å². The number of benzene rings is 2. The van der Waals surface area contributed by atoms with Crippen LogP contribution in [0.1, 0.15) is 0 Å². The Kier molecular flexibility index (Phi) is 3.75. The molecular formula is C12H9BF2O4. The van der Waals surface area contributed by atoms with Crippen LogP contribution in [-0.2, 0) is 0 Å². The van der Waals surface area contributed by atoms with Gasteiger partial charge in [0.25, 0.3) is 0 Å². The number of hydrogen-bond acceptors (Lipinski definition) is 4. The Labute approximate surface area is 108 Å². The molecule has 2 aromatic carbocycles. The Balaban J connectivity index is 1.92. The quantitative estimate of drug-likeness (QED) is 0.832. The molecule has 0 aliphatic carbocycles. The Morgan fingerprint density at radius 2 is 1.21 bits per heavy atom. The maximum atomic E-state index is 13.0. The average Bonchev–Trinajstić information content (AvgIpc) is 2.38. The molecule has 98 valence electrons. The van der Waals surface area contributed by atoms with Gasteiger partial charge in [0.05, 0.1) is 0 Å². The normalized spacial score (nSPS) is 10.0. The van der Waals surface area contributed by atoms with E-state index in [1.54, 1.807) is 0 Å². The Bertz CT molecular complexity index is 540. The van der Waals surface area contributed by atoms with E-state index in [9.17, 15) is 8.78 Å². The summed E-state index contributed by atoms with van der Waals surface area (Å²) < 4.78 is 36.1. The van der Waals surface area contributed by atoms with E-state index in [0.29, 0.717) is 0 Å². The van der Waals surface area contributed by atoms with E-state index < -0.39 is 23.1 Å². The van der Waals surface area contributed by atoms with Gasteiger partial charge in [0.1, 0.15) is 11.5 Å². The largest absolute Gasteiger partial charge is 0.576 e. The molecule has 2 rings (SSSR count). The Morgan fingerprint density at radius 1 is 0.789 bits per heavy atom. The van der Waals surface area contributed by atoms with Crippen LogP contribution in [0.5, 0.6) is 23.0 Å². The van der Waals surface area contributed by atoms with E-state index in [4.69, 9.17) is 19.5 Å². The number of rotatable bonds is 4. The van der Waals surface area contributed by atoms with Crippen LogP contribution in [0.3, 0.4) is 0 Å². The highest BCUT2D eigenvalue weighted by molar-refractivity contribution is 6.20. The minimum absolute atomic E-state index is 0.162. The molecular weight excluding hydrogens is 257 g/mol. The first-order valence-electron chi connectivity index (χ1n) is 5.29. The standard InChI is InChI=1S/C12H9BF2O4/c14-9-5-7(1-3-11(9)16)18-13-19-8-2-4-12(17)10(15)6-8/h1-6,13,16-17H. The van der Waals surface area contributed by atoms with Gasteiger partial charge in [-0.1, -0.05) is 0 Å². The van der Waals surface area contributed by atoms with E-state index in [1.807, 2.05) is 0 Å². The molecule has 7 heteroatoms. The van der Waals surface area contributed by atoms with E-state index in [0.717, 1.165) is 24.3 Å². The van der Waals surface area contributed by atoms with Crippen LogP contribution in [0.4, 0.5) is 8.78 Å². The van der Waals surface area contributed by atoms with Gasteiger partial charge in [-0.15, -0.1) is 0 Å². The van der Waals surface area contributed by atoms with Crippen LogP contribution >= 0.6 is 0 Å². The molecule has 4 nitrogen and oxygen atoms in total. The van der Waals surface area contributed by atoms with Gasteiger partial charge in [0.2, 0.25) is 0 Å². The van der Waals surface area contributed by atoms with Gasteiger partial charge in [0, 0.05) is 12.1 Å². The molecule has 0 fully saturated rings. The maximum Gasteiger partial charge on any atom is 0.576 e. The van der Waals surface area contributed by atoms with Crippen LogP contribution in [0.2, 0.25) is 0 Å². The molecule has 2 aromatic rings. The van der Waals surface area contributed by atoms with Crippen LogP contribution in [0.15, 0.2) is 36.4 Å². The third-order valence-electron chi connectivity index (χ3n) is 2.29. The second-order valence-corrected chi connectivity index (χ2v) is 3.63. The number of halogens is 2. The van der Waals surface area contributed by atoms with Crippen molar-refractivity contribution in [2.24, 2.45) is 0 Å². The monoisotopic (exact) mass is 266 g/mol. The zero-order valence-corrected chi connectivity index (χ0v) is 9.64. The highest BCUT2D eigenvalue weighted by atomic mass is 19.1. The third kappa shape index (κ3) is 3.28. The van der Waals surface area contributed by atoms with Crippen molar-refractivity contribution in [1.29, 1.82) is 0 Å². The number of phenolic OH excluding ortho intramolecular Hbond substituents is 2. The summed E-state index contributed by atoms with van der Waals surface area (Å²) in [5, 5.41) is 18.0. The minimum atomic E-state index is -0.812. The lowest BCUT2D eigenvalue weighted by molar-refractivity contribution is 0.418. The van der Waals surface area contributed by atoms with Crippen molar-refractivity contribution in [2.45, 2.75) is 0 Å². The van der Waals surface area contributed by atoms with E-state index >= 15 is 0 Å². The van der Waals surface area contributed by atoms with Crippen LogP contribution in [0.25, 0.3) is 0 Å². The summed E-state index contributed by atoms with van der Waals surface area (Å²) in [6, 6.07) is 7.00. The summed E-state index contributed by atoms with van der Waals surface area (Å²) in [6.45, 7) is 0. The van der Waals surface area contributed by atoms with Gasteiger partial charge in [-0.2, -0.15) is 0 Å². The molecule has 0 bridgehead atoms. The molecule has 0 aliphatic rings. The zero-order valence-electron chi connectivity index (χ0n) is 9.64. The minimum Gasteiger partial charge on any atom is -0.528 e. The molecule has 0 aliphatic heterocycles. The summed E-state index contributed by atoms with van der Waals surface area (Å²) in [5.74, 6) is -2.26. The van der Waals surface area contributed by atoms with Crippen LogP contribution < -0.4 is 9.31 Å². The first-order valence-corrected chi connectivity index (χ1v) is 5.29. The predicted octanol–water partition coefficient (Wildman–Crippen LogP) is 2.10. The summed E-state index contributed by atoms with van der Waals surface area (Å²) in [7, 11) is -0.269. The molecule has 0 spiro atoms. The fourth-order valence-corrected chi connectivity index (χ4v) is 1.32. The van der Waals surface area contributed by atoms with Gasteiger partial charge in [-0.25, -0.2) is 8.78 Å². The molecule has 0 radical (unpaired) electrons. The number of phenols is 2. The number of aromatic hydroxyl groups is 2. The van der Waals surface area contributed by atoms with Crippen molar-refractivity contribution < 1.29 is 28.3 Å². The first-order chi connectivity index (χ1) is 9.06. The Hall–Kier alpha value is -2.44. The highest BCUT2D eigenvalue weighted by Crippen LogP contribution is 2.22. The molecule has 0 unspecified atom stereocenters. The maximum absolute atomic E-state index is 13.0. The lowest BCUT2D eigenvalue weighted by atomic mass is 10.2. The molecule has 0 heterocycles. The molecule has 2 N–H and O–H groups in total. The smallest absolute Gasteiger partial charge is 0.528 e. The summed E-state index contributed by atoms with van der Waals surface area (Å²) in [6.07, 6.45) is 0. The lowest BCUT2D eigenvalue weighted by Crippen LogP contribution is -2.11. The van der Waals surface area contributed by atoms with Crippen LogP contribution in [-0.4, -0.2) is 17.9 Å². The summed E-state index contributed by atoms with van der Waals surface area (Å²) in [4.78, 5) is 0. The second-order valence-electron chi connectivity index (χ2n) is 3.63. The van der Waals surface area contributed by atoms with Gasteiger partial charge in [0.15, 0.2) is 23.1 Å². The zero-order chi connectivity index (χ0) is 13.8.